The molecule has 0 saturated carbocycles. The summed E-state index contributed by atoms with van der Waals surface area (Å²) >= 11 is 0. The lowest BCUT2D eigenvalue weighted by atomic mass is 10.1. The van der Waals surface area contributed by atoms with Gasteiger partial charge in [-0.3, -0.25) is 4.79 Å². The number of amides is 1. The van der Waals surface area contributed by atoms with Gasteiger partial charge in [-0.1, -0.05) is 48.5 Å². The van der Waals surface area contributed by atoms with Gasteiger partial charge < -0.3 is 24.3 Å². The van der Waals surface area contributed by atoms with Crippen LogP contribution in [-0.4, -0.2) is 99.2 Å². The largest absolute Gasteiger partial charge is 0.460 e. The van der Waals surface area contributed by atoms with E-state index < -0.39 is 21.6 Å². The molecule has 13 nitrogen and oxygen atoms in total. The van der Waals surface area contributed by atoms with Crippen LogP contribution in [0.2, 0.25) is 0 Å². The minimum Gasteiger partial charge on any atom is -0.460 e. The molecule has 0 spiro atoms. The monoisotopic (exact) mass is 627 g/mol. The van der Waals surface area contributed by atoms with E-state index in [0.717, 1.165) is 16.7 Å². The van der Waals surface area contributed by atoms with Crippen LogP contribution in [0.4, 0.5) is 0 Å². The number of aryl methyl sites for hydroxylation is 2. The summed E-state index contributed by atoms with van der Waals surface area (Å²) in [7, 11) is -3.69. The standard InChI is InChI=1S/C30H37N5O8S/c1-22-4-10-27(11-5-22)44(38,39)21-23(2)30(37)43-19-18-42-17-16-41-15-14-40-13-12-31-28(36)20-25-6-8-26(9-7-25)29-34-32-24(3)33-35-29/h4-11H,2,12-21H2,1,3H3,(H,31,36). The zero-order valence-corrected chi connectivity index (χ0v) is 25.7. The van der Waals surface area contributed by atoms with Crippen LogP contribution in [0.1, 0.15) is 17.0 Å². The lowest BCUT2D eigenvalue weighted by Gasteiger charge is -2.10. The number of aromatic nitrogens is 4. The van der Waals surface area contributed by atoms with Crippen LogP contribution >= 0.6 is 0 Å². The number of nitrogens with zero attached hydrogens (tertiary/aromatic N) is 4. The smallest absolute Gasteiger partial charge is 0.334 e. The molecule has 44 heavy (non-hydrogen) atoms. The summed E-state index contributed by atoms with van der Waals surface area (Å²) in [6.45, 7) is 9.22. The van der Waals surface area contributed by atoms with Crippen molar-refractivity contribution in [1.82, 2.24) is 25.7 Å². The molecule has 0 atom stereocenters. The highest BCUT2D eigenvalue weighted by Crippen LogP contribution is 2.16. The summed E-state index contributed by atoms with van der Waals surface area (Å²) in [4.78, 5) is 24.4. The number of carbonyl (C=O) groups excluding carboxylic acids is 2. The summed E-state index contributed by atoms with van der Waals surface area (Å²) in [5.41, 5.74) is 2.40. The van der Waals surface area contributed by atoms with Gasteiger partial charge in [-0.2, -0.15) is 0 Å². The topological polar surface area (TPSA) is 169 Å². The SMILES string of the molecule is C=C(CS(=O)(=O)c1ccc(C)cc1)C(=O)OCCOCCOCCOCCNC(=O)Cc1ccc(-c2nnc(C)nn2)cc1. The van der Waals surface area contributed by atoms with E-state index in [9.17, 15) is 18.0 Å². The molecule has 0 saturated heterocycles. The van der Waals surface area contributed by atoms with Crippen molar-refractivity contribution in [3.63, 3.8) is 0 Å². The Balaban J connectivity index is 1.14. The fourth-order valence-electron chi connectivity index (χ4n) is 3.63. The van der Waals surface area contributed by atoms with Crippen molar-refractivity contribution in [2.45, 2.75) is 25.2 Å². The summed E-state index contributed by atoms with van der Waals surface area (Å²) in [5.74, 6) is -0.501. The number of rotatable bonds is 19. The Bertz CT molecular complexity index is 1460. The second-order valence-electron chi connectivity index (χ2n) is 9.64. The first-order valence-corrected chi connectivity index (χ1v) is 15.6. The minimum atomic E-state index is -3.69. The summed E-state index contributed by atoms with van der Waals surface area (Å²) in [5, 5.41) is 18.6. The van der Waals surface area contributed by atoms with Crippen LogP contribution < -0.4 is 5.32 Å². The molecule has 3 rings (SSSR count). The van der Waals surface area contributed by atoms with E-state index in [1.807, 2.05) is 31.2 Å². The molecule has 3 aromatic rings. The third-order valence-corrected chi connectivity index (χ3v) is 7.68. The quantitative estimate of drug-likeness (QED) is 0.116. The summed E-state index contributed by atoms with van der Waals surface area (Å²) in [6.07, 6.45) is 0.235. The molecule has 0 aliphatic heterocycles. The molecule has 1 aromatic heterocycles. The fourth-order valence-corrected chi connectivity index (χ4v) is 4.93. The molecule has 1 N–H and O–H groups in total. The Morgan fingerprint density at radius 1 is 0.773 bits per heavy atom. The van der Waals surface area contributed by atoms with Crippen molar-refractivity contribution in [1.29, 1.82) is 0 Å². The third kappa shape index (κ3) is 12.2. The molecule has 1 amide bonds. The van der Waals surface area contributed by atoms with E-state index in [1.165, 1.54) is 12.1 Å². The number of esters is 1. The van der Waals surface area contributed by atoms with Gasteiger partial charge in [0.05, 0.1) is 56.7 Å². The van der Waals surface area contributed by atoms with E-state index in [4.69, 9.17) is 18.9 Å². The lowest BCUT2D eigenvalue weighted by Crippen LogP contribution is -2.29. The Hall–Kier alpha value is -4.11. The van der Waals surface area contributed by atoms with Gasteiger partial charge in [0, 0.05) is 17.7 Å². The van der Waals surface area contributed by atoms with E-state index >= 15 is 0 Å². The van der Waals surface area contributed by atoms with E-state index in [2.05, 4.69) is 32.3 Å². The number of nitrogens with one attached hydrogen (secondary N) is 1. The van der Waals surface area contributed by atoms with Gasteiger partial charge in [-0.05, 0) is 31.5 Å². The van der Waals surface area contributed by atoms with Crippen LogP contribution in [-0.2, 0) is 44.8 Å². The van der Waals surface area contributed by atoms with Crippen molar-refractivity contribution in [3.8, 4) is 11.4 Å². The van der Waals surface area contributed by atoms with Crippen molar-refractivity contribution in [2.24, 2.45) is 0 Å². The highest BCUT2D eigenvalue weighted by atomic mass is 32.2. The number of benzene rings is 2. The highest BCUT2D eigenvalue weighted by molar-refractivity contribution is 7.91. The number of sulfone groups is 1. The summed E-state index contributed by atoms with van der Waals surface area (Å²) < 4.78 is 46.1. The molecule has 0 bridgehead atoms. The Morgan fingerprint density at radius 2 is 1.34 bits per heavy atom. The maximum atomic E-state index is 12.4. The highest BCUT2D eigenvalue weighted by Gasteiger charge is 2.20. The Kier molecular flexibility index (Phi) is 14.0. The van der Waals surface area contributed by atoms with E-state index in [1.54, 1.807) is 19.1 Å². The lowest BCUT2D eigenvalue weighted by molar-refractivity contribution is -0.140. The molecule has 236 valence electrons. The molecule has 0 radical (unpaired) electrons. The fraction of sp³-hybridized carbons (Fsp3) is 0.400. The van der Waals surface area contributed by atoms with Crippen molar-refractivity contribution in [2.75, 3.05) is 58.5 Å². The van der Waals surface area contributed by atoms with E-state index in [-0.39, 0.29) is 42.6 Å². The van der Waals surface area contributed by atoms with Gasteiger partial charge >= 0.3 is 5.97 Å². The van der Waals surface area contributed by atoms with Crippen LogP contribution in [0, 0.1) is 13.8 Å². The van der Waals surface area contributed by atoms with Crippen LogP contribution in [0.5, 0.6) is 0 Å². The van der Waals surface area contributed by atoms with Crippen LogP contribution in [0.25, 0.3) is 11.4 Å². The number of hydrogen-bond acceptors (Lipinski definition) is 12. The summed E-state index contributed by atoms with van der Waals surface area (Å²) in [6, 6.07) is 13.7. The van der Waals surface area contributed by atoms with Gasteiger partial charge in [0.1, 0.15) is 6.61 Å². The molecule has 0 fully saturated rings. The first kappa shape index (κ1) is 34.4. The average Bonchev–Trinajstić information content (AvgIpc) is 3.00. The Morgan fingerprint density at radius 3 is 1.95 bits per heavy atom. The van der Waals surface area contributed by atoms with E-state index in [0.29, 0.717) is 44.6 Å². The zero-order valence-electron chi connectivity index (χ0n) is 24.9. The van der Waals surface area contributed by atoms with Crippen molar-refractivity contribution >= 4 is 21.7 Å². The third-order valence-electron chi connectivity index (χ3n) is 5.96. The van der Waals surface area contributed by atoms with Crippen molar-refractivity contribution < 1.29 is 37.0 Å². The average molecular weight is 628 g/mol. The number of carbonyl (C=O) groups is 2. The second-order valence-corrected chi connectivity index (χ2v) is 11.6. The predicted octanol–water partition coefficient (Wildman–Crippen LogP) is 1.83. The first-order chi connectivity index (χ1) is 21.1. The second kappa shape index (κ2) is 17.9. The molecule has 1 heterocycles. The molecule has 2 aromatic carbocycles. The molecular formula is C30H37N5O8S. The maximum Gasteiger partial charge on any atom is 0.334 e. The zero-order chi connectivity index (χ0) is 31.8. The first-order valence-electron chi connectivity index (χ1n) is 13.9. The van der Waals surface area contributed by atoms with Crippen molar-refractivity contribution in [3.05, 3.63) is 77.6 Å². The predicted molar refractivity (Wildman–Crippen MR) is 160 cm³/mol. The van der Waals surface area contributed by atoms with Gasteiger partial charge in [0.15, 0.2) is 15.7 Å². The molecular weight excluding hydrogens is 590 g/mol. The van der Waals surface area contributed by atoms with Crippen LogP contribution in [0.3, 0.4) is 0 Å². The molecule has 14 heteroatoms. The van der Waals surface area contributed by atoms with Gasteiger partial charge in [-0.25, -0.2) is 13.2 Å². The molecule has 0 unspecified atom stereocenters. The normalized spacial score (nSPS) is 11.2. The van der Waals surface area contributed by atoms with Gasteiger partial charge in [0.2, 0.25) is 11.7 Å². The Labute approximate surface area is 256 Å². The van der Waals surface area contributed by atoms with Gasteiger partial charge in [-0.15, -0.1) is 20.4 Å². The molecule has 0 aliphatic rings. The molecule has 0 aliphatic carbocycles. The number of ether oxygens (including phenoxy) is 4. The van der Waals surface area contributed by atoms with Crippen LogP contribution in [0.15, 0.2) is 65.6 Å². The number of hydrogen-bond donors (Lipinski definition) is 1. The minimum absolute atomic E-state index is 0.0413. The maximum absolute atomic E-state index is 12.4. The van der Waals surface area contributed by atoms with Gasteiger partial charge in [0.25, 0.3) is 0 Å².